The molecule has 2 aromatic carbocycles. The molecule has 0 aromatic heterocycles. The summed E-state index contributed by atoms with van der Waals surface area (Å²) in [6.45, 7) is 1.09. The lowest BCUT2D eigenvalue weighted by Crippen LogP contribution is -2.53. The summed E-state index contributed by atoms with van der Waals surface area (Å²) < 4.78 is 28.2. The topological polar surface area (TPSA) is 180 Å². The number of hydrogen-bond donors (Lipinski definition) is 5. The van der Waals surface area contributed by atoms with Gasteiger partial charge >= 0.3 is 0 Å². The van der Waals surface area contributed by atoms with Crippen LogP contribution in [0.4, 0.5) is 0 Å². The summed E-state index contributed by atoms with van der Waals surface area (Å²) in [5.74, 6) is -1.21. The van der Waals surface area contributed by atoms with Crippen molar-refractivity contribution in [3.05, 3.63) is 71.3 Å². The van der Waals surface area contributed by atoms with Crippen LogP contribution in [0.15, 0.2) is 54.6 Å². The lowest BCUT2D eigenvalue weighted by Gasteiger charge is -2.23. The molecular weight excluding hydrogens is 504 g/mol. The normalized spacial score (nSPS) is 12.8. The Balaban J connectivity index is 2.10. The van der Waals surface area contributed by atoms with Crippen molar-refractivity contribution < 1.29 is 18.0 Å². The fourth-order valence-corrected chi connectivity index (χ4v) is 5.20. The van der Waals surface area contributed by atoms with Crippen molar-refractivity contribution in [3.63, 3.8) is 0 Å². The van der Waals surface area contributed by atoms with Gasteiger partial charge in [0.15, 0.2) is 0 Å². The number of hydrogen-bond acceptors (Lipinski definition) is 7. The average molecular weight is 543 g/mol. The standard InChI is InChI=1S/C27H38N6O4S/c28-16-6-4-10-24(26(34)31-19-22-14-12-21(18-30)13-15-22)32-27(35)25(11-5-7-17-29)33-38(36,37)20-23-8-2-1-3-9-23/h1-3,8-9,12-15,24-25,33H,4-7,10-11,16-17,19-20,28-29H2,(H,31,34)(H,32,35)/t24-,25+/m0/s1. The highest BCUT2D eigenvalue weighted by molar-refractivity contribution is 7.88. The van der Waals surface area contributed by atoms with Gasteiger partial charge in [-0.2, -0.15) is 5.26 Å². The zero-order valence-corrected chi connectivity index (χ0v) is 22.4. The molecule has 0 unspecified atom stereocenters. The number of nitrogens with two attached hydrogens (primary N) is 2. The number of carbonyl (C=O) groups is 2. The number of benzene rings is 2. The van der Waals surface area contributed by atoms with Crippen LogP contribution in [-0.2, 0) is 31.9 Å². The van der Waals surface area contributed by atoms with Gasteiger partial charge in [0.1, 0.15) is 12.1 Å². The number of amides is 2. The summed E-state index contributed by atoms with van der Waals surface area (Å²) in [5, 5.41) is 14.5. The maximum absolute atomic E-state index is 13.3. The maximum Gasteiger partial charge on any atom is 0.242 e. The molecule has 38 heavy (non-hydrogen) atoms. The van der Waals surface area contributed by atoms with E-state index in [2.05, 4.69) is 15.4 Å². The van der Waals surface area contributed by atoms with E-state index in [1.165, 1.54) is 0 Å². The molecule has 0 aliphatic carbocycles. The molecule has 0 aliphatic heterocycles. The summed E-state index contributed by atoms with van der Waals surface area (Å²) in [4.78, 5) is 26.3. The van der Waals surface area contributed by atoms with Gasteiger partial charge < -0.3 is 22.1 Å². The number of rotatable bonds is 17. The van der Waals surface area contributed by atoms with Crippen LogP contribution in [0.2, 0.25) is 0 Å². The number of unbranched alkanes of at least 4 members (excludes halogenated alkanes) is 2. The Hall–Kier alpha value is -3.30. The van der Waals surface area contributed by atoms with Gasteiger partial charge in [-0.05, 0) is 68.5 Å². The molecule has 2 amide bonds. The van der Waals surface area contributed by atoms with Gasteiger partial charge in [-0.15, -0.1) is 0 Å². The minimum absolute atomic E-state index is 0.220. The summed E-state index contributed by atoms with van der Waals surface area (Å²) in [6, 6.07) is 15.7. The molecule has 11 heteroatoms. The van der Waals surface area contributed by atoms with E-state index >= 15 is 0 Å². The molecule has 0 heterocycles. The van der Waals surface area contributed by atoms with Crippen molar-refractivity contribution in [2.24, 2.45) is 11.5 Å². The molecular formula is C27H38N6O4S. The third-order valence-corrected chi connectivity index (χ3v) is 7.27. The van der Waals surface area contributed by atoms with Crippen LogP contribution in [0.25, 0.3) is 0 Å². The Morgan fingerprint density at radius 1 is 0.816 bits per heavy atom. The number of nitrogens with zero attached hydrogens (tertiary/aromatic N) is 1. The smallest absolute Gasteiger partial charge is 0.242 e. The molecule has 0 fully saturated rings. The summed E-state index contributed by atoms with van der Waals surface area (Å²) in [6.07, 6.45) is 3.08. The first-order chi connectivity index (χ1) is 18.3. The predicted octanol–water partition coefficient (Wildman–Crippen LogP) is 1.41. The second kappa shape index (κ2) is 16.5. The minimum atomic E-state index is -3.83. The van der Waals surface area contributed by atoms with E-state index in [4.69, 9.17) is 16.7 Å². The number of sulfonamides is 1. The summed E-state index contributed by atoms with van der Waals surface area (Å²) in [7, 11) is -3.83. The first kappa shape index (κ1) is 30.9. The van der Waals surface area contributed by atoms with E-state index in [1.807, 2.05) is 6.07 Å². The van der Waals surface area contributed by atoms with Crippen LogP contribution in [0, 0.1) is 11.3 Å². The minimum Gasteiger partial charge on any atom is -0.350 e. The Morgan fingerprint density at radius 3 is 2.00 bits per heavy atom. The second-order valence-corrected chi connectivity index (χ2v) is 10.8. The van der Waals surface area contributed by atoms with Gasteiger partial charge in [-0.1, -0.05) is 48.9 Å². The third kappa shape index (κ3) is 11.4. The first-order valence-electron chi connectivity index (χ1n) is 12.8. The van der Waals surface area contributed by atoms with Crippen LogP contribution < -0.4 is 26.8 Å². The fraction of sp³-hybridized carbons (Fsp3) is 0.444. The lowest BCUT2D eigenvalue weighted by molar-refractivity contribution is -0.130. The number of nitrogens with one attached hydrogen (secondary N) is 3. The van der Waals surface area contributed by atoms with Crippen LogP contribution in [0.1, 0.15) is 55.2 Å². The molecule has 0 saturated carbocycles. The monoisotopic (exact) mass is 542 g/mol. The summed E-state index contributed by atoms with van der Waals surface area (Å²) >= 11 is 0. The molecule has 0 bridgehead atoms. The SMILES string of the molecule is N#Cc1ccc(CNC(=O)[C@H](CCCCN)NC(=O)[C@@H](CCCCN)NS(=O)(=O)Cc2ccccc2)cc1. The van der Waals surface area contributed by atoms with Gasteiger partial charge in [-0.25, -0.2) is 13.1 Å². The van der Waals surface area contributed by atoms with E-state index in [1.54, 1.807) is 54.6 Å². The van der Waals surface area contributed by atoms with E-state index in [0.717, 1.165) is 5.56 Å². The van der Waals surface area contributed by atoms with Crippen LogP contribution in [-0.4, -0.2) is 45.4 Å². The van der Waals surface area contributed by atoms with Crippen molar-refractivity contribution in [2.45, 2.75) is 62.9 Å². The Labute approximate surface area is 225 Å². The fourth-order valence-electron chi connectivity index (χ4n) is 3.83. The van der Waals surface area contributed by atoms with E-state index in [-0.39, 0.29) is 24.6 Å². The van der Waals surface area contributed by atoms with Crippen molar-refractivity contribution in [1.82, 2.24) is 15.4 Å². The van der Waals surface area contributed by atoms with Crippen LogP contribution in [0.5, 0.6) is 0 Å². The van der Waals surface area contributed by atoms with E-state index in [9.17, 15) is 18.0 Å². The van der Waals surface area contributed by atoms with Crippen molar-refractivity contribution in [3.8, 4) is 6.07 Å². The zero-order chi connectivity index (χ0) is 27.8. The van der Waals surface area contributed by atoms with Gasteiger partial charge in [0, 0.05) is 6.54 Å². The van der Waals surface area contributed by atoms with E-state index in [0.29, 0.717) is 56.3 Å². The lowest BCUT2D eigenvalue weighted by atomic mass is 10.1. The van der Waals surface area contributed by atoms with Gasteiger partial charge in [0.05, 0.1) is 17.4 Å². The molecule has 0 aliphatic rings. The molecule has 10 nitrogen and oxygen atoms in total. The maximum atomic E-state index is 13.3. The van der Waals surface area contributed by atoms with Gasteiger partial charge in [-0.3, -0.25) is 9.59 Å². The quantitative estimate of drug-likeness (QED) is 0.187. The highest BCUT2D eigenvalue weighted by Gasteiger charge is 2.28. The molecule has 0 spiro atoms. The molecule has 0 radical (unpaired) electrons. The predicted molar refractivity (Wildman–Crippen MR) is 147 cm³/mol. The molecule has 2 aromatic rings. The average Bonchev–Trinajstić information content (AvgIpc) is 2.91. The van der Waals surface area contributed by atoms with Gasteiger partial charge in [0.2, 0.25) is 21.8 Å². The van der Waals surface area contributed by atoms with Crippen molar-refractivity contribution >= 4 is 21.8 Å². The second-order valence-electron chi connectivity index (χ2n) is 9.07. The molecule has 0 saturated heterocycles. The van der Waals surface area contributed by atoms with Crippen molar-refractivity contribution in [1.29, 1.82) is 5.26 Å². The largest absolute Gasteiger partial charge is 0.350 e. The van der Waals surface area contributed by atoms with Crippen LogP contribution in [0.3, 0.4) is 0 Å². The zero-order valence-electron chi connectivity index (χ0n) is 21.6. The highest BCUT2D eigenvalue weighted by atomic mass is 32.2. The highest BCUT2D eigenvalue weighted by Crippen LogP contribution is 2.10. The number of carbonyl (C=O) groups excluding carboxylic acids is 2. The van der Waals surface area contributed by atoms with E-state index < -0.39 is 28.0 Å². The molecule has 206 valence electrons. The molecule has 7 N–H and O–H groups in total. The van der Waals surface area contributed by atoms with Crippen LogP contribution >= 0.6 is 0 Å². The molecule has 2 rings (SSSR count). The Kier molecular flexibility index (Phi) is 13.4. The van der Waals surface area contributed by atoms with Gasteiger partial charge in [0.25, 0.3) is 0 Å². The summed E-state index contributed by atoms with van der Waals surface area (Å²) in [5.41, 5.74) is 13.1. The Bertz CT molecular complexity index is 1150. The first-order valence-corrected chi connectivity index (χ1v) is 14.4. The number of nitriles is 1. The molecule has 2 atom stereocenters. The third-order valence-electron chi connectivity index (χ3n) is 5.91. The van der Waals surface area contributed by atoms with Crippen molar-refractivity contribution in [2.75, 3.05) is 13.1 Å². The Morgan fingerprint density at radius 2 is 1.42 bits per heavy atom.